The number of primary amides is 1. The summed E-state index contributed by atoms with van der Waals surface area (Å²) in [7, 11) is 1.61. The van der Waals surface area contributed by atoms with Crippen LogP contribution in [0.25, 0.3) is 0 Å². The highest BCUT2D eigenvalue weighted by molar-refractivity contribution is 7.80. The Morgan fingerprint density at radius 2 is 2.38 bits per heavy atom. The summed E-state index contributed by atoms with van der Waals surface area (Å²) >= 11 is 11.3. The zero-order valence-corrected chi connectivity index (χ0v) is 14.0. The molecule has 0 bridgehead atoms. The number of carbonyl (C=O) groups excluding carboxylic acids is 1. The summed E-state index contributed by atoms with van der Waals surface area (Å²) in [6.07, 6.45) is 3.83. The van der Waals surface area contributed by atoms with Crippen molar-refractivity contribution < 1.29 is 9.53 Å². The topological polar surface area (TPSA) is 67.6 Å². The number of nitrogens with two attached hydrogens (primary N) is 1. The maximum Gasteiger partial charge on any atom is 0.228 e. The predicted molar refractivity (Wildman–Crippen MR) is 87.3 cm³/mol. The molecule has 21 heavy (non-hydrogen) atoms. The summed E-state index contributed by atoms with van der Waals surface area (Å²) in [4.78, 5) is 14.3. The van der Waals surface area contributed by atoms with Gasteiger partial charge in [-0.15, -0.1) is 11.6 Å². The number of nitrogens with zero attached hydrogens (tertiary/aromatic N) is 1. The summed E-state index contributed by atoms with van der Waals surface area (Å²) in [5.41, 5.74) is 5.08. The molecule has 2 aliphatic rings. The molecule has 120 valence electrons. The molecule has 1 amide bonds. The van der Waals surface area contributed by atoms with Crippen molar-refractivity contribution in [2.75, 3.05) is 32.7 Å². The second-order valence-corrected chi connectivity index (χ2v) is 6.76. The van der Waals surface area contributed by atoms with E-state index in [2.05, 4.69) is 10.2 Å². The van der Waals surface area contributed by atoms with Crippen molar-refractivity contribution in [2.45, 2.75) is 31.7 Å². The van der Waals surface area contributed by atoms with E-state index < -0.39 is 5.41 Å². The van der Waals surface area contributed by atoms with Gasteiger partial charge in [-0.05, 0) is 37.4 Å². The summed E-state index contributed by atoms with van der Waals surface area (Å²) in [5.74, 6) is 0.635. The van der Waals surface area contributed by atoms with Crippen LogP contribution >= 0.6 is 23.8 Å². The minimum atomic E-state index is -0.668. The molecular weight excluding hydrogens is 310 g/mol. The van der Waals surface area contributed by atoms with Gasteiger partial charge in [0.2, 0.25) is 5.91 Å². The van der Waals surface area contributed by atoms with E-state index in [1.807, 2.05) is 0 Å². The van der Waals surface area contributed by atoms with E-state index in [0.29, 0.717) is 23.5 Å². The van der Waals surface area contributed by atoms with Crippen molar-refractivity contribution in [3.63, 3.8) is 0 Å². The molecule has 1 saturated carbocycles. The molecule has 0 aromatic heterocycles. The smallest absolute Gasteiger partial charge is 0.228 e. The monoisotopic (exact) mass is 333 g/mol. The molecule has 1 heterocycles. The van der Waals surface area contributed by atoms with E-state index in [1.165, 1.54) is 0 Å². The molecule has 2 fully saturated rings. The third kappa shape index (κ3) is 3.27. The SMILES string of the molecule is COC[C@]1(C(N)=O)CCCC2CCN(CCCl)C(=S)NC21. The van der Waals surface area contributed by atoms with Crippen molar-refractivity contribution in [3.8, 4) is 0 Å². The number of hydrogen-bond donors (Lipinski definition) is 2. The van der Waals surface area contributed by atoms with Crippen molar-refractivity contribution in [1.29, 1.82) is 0 Å². The van der Waals surface area contributed by atoms with E-state index in [1.54, 1.807) is 7.11 Å². The third-order valence-corrected chi connectivity index (χ3v) is 5.39. The number of amides is 1. The van der Waals surface area contributed by atoms with Gasteiger partial charge in [-0.2, -0.15) is 0 Å². The molecule has 0 spiro atoms. The highest BCUT2D eigenvalue weighted by atomic mass is 35.5. The Balaban J connectivity index is 2.26. The molecule has 0 aromatic rings. The predicted octanol–water partition coefficient (Wildman–Crippen LogP) is 1.09. The van der Waals surface area contributed by atoms with E-state index in [4.69, 9.17) is 34.3 Å². The molecule has 2 unspecified atom stereocenters. The maximum absolute atomic E-state index is 12.2. The van der Waals surface area contributed by atoms with Crippen molar-refractivity contribution in [1.82, 2.24) is 10.2 Å². The molecule has 0 radical (unpaired) electrons. The van der Waals surface area contributed by atoms with Crippen LogP contribution in [0.2, 0.25) is 0 Å². The lowest BCUT2D eigenvalue weighted by molar-refractivity contribution is -0.136. The van der Waals surface area contributed by atoms with Crippen LogP contribution in [0.5, 0.6) is 0 Å². The molecule has 3 N–H and O–H groups in total. The Morgan fingerprint density at radius 3 is 3.00 bits per heavy atom. The van der Waals surface area contributed by atoms with Gasteiger partial charge in [0, 0.05) is 32.1 Å². The molecule has 1 aliphatic heterocycles. The van der Waals surface area contributed by atoms with Gasteiger partial charge in [-0.3, -0.25) is 4.79 Å². The molecule has 2 rings (SSSR count). The van der Waals surface area contributed by atoms with Crippen LogP contribution in [0, 0.1) is 11.3 Å². The highest BCUT2D eigenvalue weighted by Gasteiger charge is 2.51. The second kappa shape index (κ2) is 7.11. The molecule has 7 heteroatoms. The zero-order valence-electron chi connectivity index (χ0n) is 12.4. The number of ether oxygens (including phenoxy) is 1. The quantitative estimate of drug-likeness (QED) is 0.582. The standard InChI is InChI=1S/C14H24ClN3O2S/c1-20-9-14(12(16)19)5-2-3-10-4-7-18(8-6-15)13(21)17-11(10)14/h10-11H,2-9H2,1H3,(H2,16,19)(H,17,21)/t10?,11?,14-/m1/s1. The van der Waals surface area contributed by atoms with Crippen LogP contribution in [0.3, 0.4) is 0 Å². The van der Waals surface area contributed by atoms with Gasteiger partial charge in [-0.25, -0.2) is 0 Å². The first-order valence-electron chi connectivity index (χ1n) is 7.45. The number of thiocarbonyl (C=S) groups is 1. The van der Waals surface area contributed by atoms with Gasteiger partial charge in [-0.1, -0.05) is 6.42 Å². The molecule has 5 nitrogen and oxygen atoms in total. The van der Waals surface area contributed by atoms with Gasteiger partial charge in [0.25, 0.3) is 0 Å². The normalized spacial score (nSPS) is 33.0. The minimum absolute atomic E-state index is 0.0449. The fraction of sp³-hybridized carbons (Fsp3) is 0.857. The number of nitrogens with one attached hydrogen (secondary N) is 1. The number of hydrogen-bond acceptors (Lipinski definition) is 3. The third-order valence-electron chi connectivity index (χ3n) is 4.85. The van der Waals surface area contributed by atoms with Crippen LogP contribution in [0.15, 0.2) is 0 Å². The lowest BCUT2D eigenvalue weighted by Gasteiger charge is -2.45. The number of alkyl halides is 1. The summed E-state index contributed by atoms with van der Waals surface area (Å²) in [6, 6.07) is -0.0449. The Morgan fingerprint density at radius 1 is 1.62 bits per heavy atom. The Bertz CT molecular complexity index is 406. The van der Waals surface area contributed by atoms with Crippen LogP contribution in [-0.4, -0.2) is 54.6 Å². The fourth-order valence-electron chi connectivity index (χ4n) is 3.75. The van der Waals surface area contributed by atoms with Crippen LogP contribution in [0.1, 0.15) is 25.7 Å². The van der Waals surface area contributed by atoms with Crippen LogP contribution in [-0.2, 0) is 9.53 Å². The van der Waals surface area contributed by atoms with Crippen molar-refractivity contribution in [3.05, 3.63) is 0 Å². The highest BCUT2D eigenvalue weighted by Crippen LogP contribution is 2.42. The van der Waals surface area contributed by atoms with Gasteiger partial charge in [0.1, 0.15) is 0 Å². The second-order valence-electron chi connectivity index (χ2n) is 6.00. The Kier molecular flexibility index (Phi) is 5.68. The zero-order chi connectivity index (χ0) is 15.5. The summed E-state index contributed by atoms with van der Waals surface area (Å²) in [5, 5.41) is 4.06. The van der Waals surface area contributed by atoms with Gasteiger partial charge in [0.15, 0.2) is 5.11 Å². The van der Waals surface area contributed by atoms with Crippen LogP contribution < -0.4 is 11.1 Å². The minimum Gasteiger partial charge on any atom is -0.383 e. The number of carbonyl (C=O) groups is 1. The van der Waals surface area contributed by atoms with E-state index in [0.717, 1.165) is 38.8 Å². The van der Waals surface area contributed by atoms with Crippen molar-refractivity contribution in [2.24, 2.45) is 17.1 Å². The molecule has 1 saturated heterocycles. The maximum atomic E-state index is 12.2. The number of fused-ring (bicyclic) bond motifs is 1. The molecular formula is C14H24ClN3O2S. The first kappa shape index (κ1) is 16.8. The Labute approximate surface area is 136 Å². The van der Waals surface area contributed by atoms with Gasteiger partial charge in [0.05, 0.1) is 12.0 Å². The summed E-state index contributed by atoms with van der Waals surface area (Å²) in [6.45, 7) is 1.94. The Hall–Kier alpha value is -0.590. The lowest BCUT2D eigenvalue weighted by Crippen LogP contribution is -2.61. The number of rotatable bonds is 5. The average molecular weight is 334 g/mol. The molecule has 3 atom stereocenters. The van der Waals surface area contributed by atoms with E-state index >= 15 is 0 Å². The lowest BCUT2D eigenvalue weighted by atomic mass is 9.64. The average Bonchev–Trinajstić information content (AvgIpc) is 2.60. The van der Waals surface area contributed by atoms with Crippen molar-refractivity contribution >= 4 is 34.8 Å². The molecule has 0 aromatic carbocycles. The largest absolute Gasteiger partial charge is 0.383 e. The van der Waals surface area contributed by atoms with E-state index in [9.17, 15) is 4.79 Å². The molecule has 1 aliphatic carbocycles. The number of methoxy groups -OCH3 is 1. The number of halogens is 1. The fourth-order valence-corrected chi connectivity index (χ4v) is 4.26. The van der Waals surface area contributed by atoms with Gasteiger partial charge >= 0.3 is 0 Å². The first-order valence-corrected chi connectivity index (χ1v) is 8.39. The summed E-state index contributed by atoms with van der Waals surface area (Å²) < 4.78 is 5.33. The van der Waals surface area contributed by atoms with Gasteiger partial charge < -0.3 is 20.7 Å². The van der Waals surface area contributed by atoms with Crippen LogP contribution in [0.4, 0.5) is 0 Å². The first-order chi connectivity index (χ1) is 10.0. The van der Waals surface area contributed by atoms with E-state index in [-0.39, 0.29) is 11.9 Å².